The van der Waals surface area contributed by atoms with Crippen molar-refractivity contribution in [2.75, 3.05) is 49.1 Å². The summed E-state index contributed by atoms with van der Waals surface area (Å²) in [6, 6.07) is 18.1. The molecule has 2 aliphatic heterocycles. The topological polar surface area (TPSA) is 73.0 Å². The van der Waals surface area contributed by atoms with Gasteiger partial charge in [0.1, 0.15) is 0 Å². The van der Waals surface area contributed by atoms with Gasteiger partial charge in [0.15, 0.2) is 0 Å². The zero-order valence-electron chi connectivity index (χ0n) is 18.5. The third kappa shape index (κ3) is 4.93. The molecule has 2 aromatic rings. The average Bonchev–Trinajstić information content (AvgIpc) is 3.21. The number of benzene rings is 2. The second-order valence-corrected chi connectivity index (χ2v) is 8.40. The van der Waals surface area contributed by atoms with E-state index >= 15 is 0 Å². The van der Waals surface area contributed by atoms with Gasteiger partial charge >= 0.3 is 0 Å². The highest BCUT2D eigenvalue weighted by molar-refractivity contribution is 5.94. The zero-order chi connectivity index (χ0) is 22.5. The van der Waals surface area contributed by atoms with Gasteiger partial charge in [0.2, 0.25) is 17.7 Å². The molecular formula is C25H30N4O3. The Hall–Kier alpha value is -3.35. The van der Waals surface area contributed by atoms with E-state index in [2.05, 4.69) is 22.3 Å². The number of fused-ring (bicyclic) bond motifs is 1. The Morgan fingerprint density at radius 3 is 2.34 bits per heavy atom. The molecule has 2 aromatic carbocycles. The van der Waals surface area contributed by atoms with Gasteiger partial charge in [-0.15, -0.1) is 0 Å². The Balaban J connectivity index is 1.20. The number of hydrogen-bond donors (Lipinski definition) is 1. The highest BCUT2D eigenvalue weighted by Gasteiger charge is 2.30. The summed E-state index contributed by atoms with van der Waals surface area (Å²) in [5, 5.41) is 2.78. The van der Waals surface area contributed by atoms with Gasteiger partial charge in [-0.1, -0.05) is 36.4 Å². The van der Waals surface area contributed by atoms with Crippen LogP contribution in [0, 0.1) is 0 Å². The Morgan fingerprint density at radius 2 is 1.62 bits per heavy atom. The molecule has 1 atom stereocenters. The average molecular weight is 435 g/mol. The molecule has 2 aliphatic rings. The van der Waals surface area contributed by atoms with Crippen LogP contribution in [0.4, 0.5) is 11.4 Å². The van der Waals surface area contributed by atoms with Crippen LogP contribution in [-0.4, -0.2) is 61.9 Å². The summed E-state index contributed by atoms with van der Waals surface area (Å²) in [7, 11) is 0. The van der Waals surface area contributed by atoms with Gasteiger partial charge in [-0.25, -0.2) is 0 Å². The SMILES string of the molecule is CC(=O)N1C[C@H](CCC(=O)NCC(=O)N2CCN(c3ccccc3)CC2)c2ccccc21. The Bertz CT molecular complexity index is 970. The minimum absolute atomic E-state index is 0.0161. The highest BCUT2D eigenvalue weighted by atomic mass is 16.2. The first-order chi connectivity index (χ1) is 15.5. The maximum Gasteiger partial charge on any atom is 0.242 e. The van der Waals surface area contributed by atoms with Crippen molar-refractivity contribution >= 4 is 29.1 Å². The summed E-state index contributed by atoms with van der Waals surface area (Å²) in [6.07, 6.45) is 0.983. The first-order valence-electron chi connectivity index (χ1n) is 11.2. The van der Waals surface area contributed by atoms with Gasteiger partial charge in [-0.05, 0) is 30.2 Å². The van der Waals surface area contributed by atoms with Crippen LogP contribution in [0.25, 0.3) is 0 Å². The molecule has 168 valence electrons. The molecule has 4 rings (SSSR count). The van der Waals surface area contributed by atoms with Crippen LogP contribution in [0.3, 0.4) is 0 Å². The largest absolute Gasteiger partial charge is 0.368 e. The number of nitrogens with one attached hydrogen (secondary N) is 1. The lowest BCUT2D eigenvalue weighted by Gasteiger charge is -2.36. The van der Waals surface area contributed by atoms with Gasteiger partial charge < -0.3 is 20.0 Å². The monoisotopic (exact) mass is 434 g/mol. The summed E-state index contributed by atoms with van der Waals surface area (Å²) in [5.41, 5.74) is 3.22. The number of hydrogen-bond acceptors (Lipinski definition) is 4. The number of amides is 3. The fraction of sp³-hybridized carbons (Fsp3) is 0.400. The van der Waals surface area contributed by atoms with Crippen molar-refractivity contribution in [3.05, 3.63) is 60.2 Å². The molecule has 1 saturated heterocycles. The fourth-order valence-electron chi connectivity index (χ4n) is 4.57. The van der Waals surface area contributed by atoms with Crippen LogP contribution in [0.15, 0.2) is 54.6 Å². The van der Waals surface area contributed by atoms with Crippen LogP contribution < -0.4 is 15.1 Å². The number of anilines is 2. The number of carbonyl (C=O) groups is 3. The maximum atomic E-state index is 12.5. The lowest BCUT2D eigenvalue weighted by Crippen LogP contribution is -2.51. The second kappa shape index (κ2) is 9.85. The third-order valence-electron chi connectivity index (χ3n) is 6.36. The minimum Gasteiger partial charge on any atom is -0.368 e. The van der Waals surface area contributed by atoms with Crippen molar-refractivity contribution < 1.29 is 14.4 Å². The summed E-state index contributed by atoms with van der Waals surface area (Å²) in [4.78, 5) is 42.7. The van der Waals surface area contributed by atoms with E-state index in [1.54, 1.807) is 11.8 Å². The molecule has 0 unspecified atom stereocenters. The van der Waals surface area contributed by atoms with Gasteiger partial charge in [0, 0.05) is 63.4 Å². The van der Waals surface area contributed by atoms with E-state index in [-0.39, 0.29) is 30.2 Å². The Labute approximate surface area is 189 Å². The van der Waals surface area contributed by atoms with Crippen molar-refractivity contribution in [1.82, 2.24) is 10.2 Å². The number of carbonyl (C=O) groups excluding carboxylic acids is 3. The van der Waals surface area contributed by atoms with E-state index in [0.717, 1.165) is 24.3 Å². The zero-order valence-corrected chi connectivity index (χ0v) is 18.5. The van der Waals surface area contributed by atoms with Crippen LogP contribution in [0.1, 0.15) is 31.2 Å². The first-order valence-corrected chi connectivity index (χ1v) is 11.2. The minimum atomic E-state index is -0.125. The van der Waals surface area contributed by atoms with E-state index < -0.39 is 0 Å². The number of piperazine rings is 1. The molecule has 0 aromatic heterocycles. The smallest absolute Gasteiger partial charge is 0.242 e. The normalized spacial score (nSPS) is 17.8. The van der Waals surface area contributed by atoms with Crippen LogP contribution >= 0.6 is 0 Å². The van der Waals surface area contributed by atoms with Gasteiger partial charge in [-0.3, -0.25) is 14.4 Å². The molecule has 1 N–H and O–H groups in total. The Morgan fingerprint density at radius 1 is 0.938 bits per heavy atom. The molecule has 3 amide bonds. The molecule has 7 heteroatoms. The lowest BCUT2D eigenvalue weighted by molar-refractivity contribution is -0.133. The molecule has 1 fully saturated rings. The van der Waals surface area contributed by atoms with Gasteiger partial charge in [0.05, 0.1) is 6.54 Å². The number of rotatable bonds is 6. The van der Waals surface area contributed by atoms with E-state index in [0.29, 0.717) is 32.5 Å². The lowest BCUT2D eigenvalue weighted by atomic mass is 9.96. The molecule has 0 aliphatic carbocycles. The quantitative estimate of drug-likeness (QED) is 0.758. The summed E-state index contributed by atoms with van der Waals surface area (Å²) < 4.78 is 0. The van der Waals surface area contributed by atoms with Crippen molar-refractivity contribution in [2.24, 2.45) is 0 Å². The maximum absolute atomic E-state index is 12.5. The van der Waals surface area contributed by atoms with E-state index in [4.69, 9.17) is 0 Å². The fourth-order valence-corrected chi connectivity index (χ4v) is 4.57. The molecule has 2 heterocycles. The van der Waals surface area contributed by atoms with Crippen LogP contribution in [0.5, 0.6) is 0 Å². The number of nitrogens with zero attached hydrogens (tertiary/aromatic N) is 3. The molecule has 0 radical (unpaired) electrons. The molecule has 0 saturated carbocycles. The second-order valence-electron chi connectivity index (χ2n) is 8.40. The van der Waals surface area contributed by atoms with Crippen molar-refractivity contribution in [1.29, 1.82) is 0 Å². The van der Waals surface area contributed by atoms with Crippen molar-refractivity contribution in [3.63, 3.8) is 0 Å². The number of para-hydroxylation sites is 2. The van der Waals surface area contributed by atoms with Gasteiger partial charge in [-0.2, -0.15) is 0 Å². The van der Waals surface area contributed by atoms with Crippen molar-refractivity contribution in [2.45, 2.75) is 25.7 Å². The standard InChI is InChI=1S/C25H30N4O3/c1-19(30)29-18-20(22-9-5-6-10-23(22)29)11-12-24(31)26-17-25(32)28-15-13-27(14-16-28)21-7-3-2-4-8-21/h2-10,20H,11-18H2,1H3,(H,26,31)/t20-/m0/s1. The predicted molar refractivity (Wildman–Crippen MR) is 125 cm³/mol. The Kier molecular flexibility index (Phi) is 6.73. The summed E-state index contributed by atoms with van der Waals surface area (Å²) >= 11 is 0. The predicted octanol–water partition coefficient (Wildman–Crippen LogP) is 2.38. The molecule has 32 heavy (non-hydrogen) atoms. The van der Waals surface area contributed by atoms with E-state index in [1.807, 2.05) is 47.4 Å². The van der Waals surface area contributed by atoms with E-state index in [1.165, 1.54) is 5.69 Å². The first kappa shape index (κ1) is 21.9. The highest BCUT2D eigenvalue weighted by Crippen LogP contribution is 2.38. The summed E-state index contributed by atoms with van der Waals surface area (Å²) in [5.74, 6) is -0.00923. The molecule has 0 spiro atoms. The third-order valence-corrected chi connectivity index (χ3v) is 6.36. The summed E-state index contributed by atoms with van der Waals surface area (Å²) in [6.45, 7) is 5.09. The molecule has 7 nitrogen and oxygen atoms in total. The molecular weight excluding hydrogens is 404 g/mol. The van der Waals surface area contributed by atoms with Crippen LogP contribution in [-0.2, 0) is 14.4 Å². The molecule has 0 bridgehead atoms. The van der Waals surface area contributed by atoms with E-state index in [9.17, 15) is 14.4 Å². The van der Waals surface area contributed by atoms with Crippen LogP contribution in [0.2, 0.25) is 0 Å². The van der Waals surface area contributed by atoms with Gasteiger partial charge in [0.25, 0.3) is 0 Å². The van der Waals surface area contributed by atoms with Crippen molar-refractivity contribution in [3.8, 4) is 0 Å².